The highest BCUT2D eigenvalue weighted by molar-refractivity contribution is 5.36. The lowest BCUT2D eigenvalue weighted by molar-refractivity contribution is -0.693. The first-order chi connectivity index (χ1) is 13.2. The van der Waals surface area contributed by atoms with Crippen LogP contribution in [0.4, 0.5) is 4.39 Å². The Morgan fingerprint density at radius 1 is 0.815 bits per heavy atom. The van der Waals surface area contributed by atoms with E-state index in [1.807, 2.05) is 30.3 Å². The van der Waals surface area contributed by atoms with Crippen molar-refractivity contribution in [3.63, 3.8) is 0 Å². The fourth-order valence-corrected chi connectivity index (χ4v) is 3.46. The van der Waals surface area contributed by atoms with E-state index in [1.54, 1.807) is 19.2 Å². The average Bonchev–Trinajstić information content (AvgIpc) is 2.73. The van der Waals surface area contributed by atoms with Gasteiger partial charge in [0.2, 0.25) is 0 Å². The quantitative estimate of drug-likeness (QED) is 0.617. The second-order valence-corrected chi connectivity index (χ2v) is 6.89. The summed E-state index contributed by atoms with van der Waals surface area (Å²) in [4.78, 5) is 0. The third-order valence-corrected chi connectivity index (χ3v) is 5.09. The average molecular weight is 364 g/mol. The Labute approximate surface area is 161 Å². The van der Waals surface area contributed by atoms with E-state index >= 15 is 0 Å². The predicted molar refractivity (Wildman–Crippen MR) is 108 cm³/mol. The molecule has 0 amide bonds. The summed E-state index contributed by atoms with van der Waals surface area (Å²) >= 11 is 0. The summed E-state index contributed by atoms with van der Waals surface area (Å²) in [6, 6.07) is 26.0. The first kappa shape index (κ1) is 19.1. The Morgan fingerprint density at radius 2 is 1.41 bits per heavy atom. The summed E-state index contributed by atoms with van der Waals surface area (Å²) < 4.78 is 18.7. The van der Waals surface area contributed by atoms with Gasteiger partial charge in [-0.1, -0.05) is 54.6 Å². The van der Waals surface area contributed by atoms with E-state index in [9.17, 15) is 4.39 Å². The first-order valence-corrected chi connectivity index (χ1v) is 9.45. The molecule has 140 valence electrons. The smallest absolute Gasteiger partial charge is 0.123 e. The number of hydrogen-bond acceptors (Lipinski definition) is 1. The Hall–Kier alpha value is -2.65. The Kier molecular flexibility index (Phi) is 6.61. The summed E-state index contributed by atoms with van der Waals surface area (Å²) in [5.74, 6) is 0.882. The summed E-state index contributed by atoms with van der Waals surface area (Å²) in [7, 11) is 1.67. The molecule has 0 unspecified atom stereocenters. The summed E-state index contributed by atoms with van der Waals surface area (Å²) in [6.07, 6.45) is 0.981. The number of rotatable bonds is 8. The number of methoxy groups -OCH3 is 1. The Morgan fingerprint density at radius 3 is 2.00 bits per heavy atom. The fraction of sp³-hybridized carbons (Fsp3) is 0.250. The molecular weight excluding hydrogens is 337 g/mol. The number of nitrogens with two attached hydrogens (primary N) is 1. The van der Waals surface area contributed by atoms with Crippen molar-refractivity contribution in [2.24, 2.45) is 0 Å². The van der Waals surface area contributed by atoms with E-state index in [0.717, 1.165) is 24.3 Å². The van der Waals surface area contributed by atoms with Crippen molar-refractivity contribution in [3.8, 4) is 5.75 Å². The molecule has 0 spiro atoms. The Bertz CT molecular complexity index is 815. The molecule has 0 bridgehead atoms. The maximum absolute atomic E-state index is 13.4. The molecule has 0 fully saturated rings. The minimum atomic E-state index is -0.198. The maximum Gasteiger partial charge on any atom is 0.123 e. The monoisotopic (exact) mass is 364 g/mol. The van der Waals surface area contributed by atoms with Gasteiger partial charge in [0.05, 0.1) is 13.7 Å². The number of halogens is 1. The molecule has 0 heterocycles. The highest BCUT2D eigenvalue weighted by atomic mass is 19.1. The minimum absolute atomic E-state index is 0.198. The van der Waals surface area contributed by atoms with Crippen molar-refractivity contribution in [2.75, 3.05) is 13.7 Å². The molecule has 2 N–H and O–H groups in total. The van der Waals surface area contributed by atoms with Crippen LogP contribution in [0.5, 0.6) is 5.75 Å². The van der Waals surface area contributed by atoms with Gasteiger partial charge in [0, 0.05) is 17.9 Å². The molecule has 0 saturated heterocycles. The molecule has 27 heavy (non-hydrogen) atoms. The van der Waals surface area contributed by atoms with Crippen LogP contribution in [0.2, 0.25) is 0 Å². The molecule has 2 nitrogen and oxygen atoms in total. The molecule has 3 heteroatoms. The second-order valence-electron chi connectivity index (χ2n) is 6.89. The van der Waals surface area contributed by atoms with Crippen molar-refractivity contribution in [2.45, 2.75) is 25.3 Å². The van der Waals surface area contributed by atoms with Gasteiger partial charge in [-0.2, -0.15) is 0 Å². The van der Waals surface area contributed by atoms with Gasteiger partial charge >= 0.3 is 0 Å². The van der Waals surface area contributed by atoms with Gasteiger partial charge in [0.25, 0.3) is 0 Å². The van der Waals surface area contributed by atoms with Crippen molar-refractivity contribution < 1.29 is 14.4 Å². The van der Waals surface area contributed by atoms with Crippen LogP contribution in [0, 0.1) is 5.82 Å². The van der Waals surface area contributed by atoms with E-state index in [-0.39, 0.29) is 11.7 Å². The molecule has 0 aliphatic rings. The van der Waals surface area contributed by atoms with E-state index in [1.165, 1.54) is 11.1 Å². The van der Waals surface area contributed by atoms with Gasteiger partial charge in [-0.15, -0.1) is 0 Å². The topological polar surface area (TPSA) is 25.8 Å². The van der Waals surface area contributed by atoms with Crippen LogP contribution < -0.4 is 10.1 Å². The molecule has 2 atom stereocenters. The zero-order chi connectivity index (χ0) is 19.1. The lowest BCUT2D eigenvalue weighted by Crippen LogP contribution is -2.84. The third-order valence-electron chi connectivity index (χ3n) is 5.09. The molecule has 3 rings (SSSR count). The predicted octanol–water partition coefficient (Wildman–Crippen LogP) is 4.68. The molecule has 0 aliphatic heterocycles. The number of quaternary nitrogens is 1. The van der Waals surface area contributed by atoms with Crippen molar-refractivity contribution in [1.29, 1.82) is 0 Å². The van der Waals surface area contributed by atoms with Gasteiger partial charge in [-0.3, -0.25) is 0 Å². The molecular formula is C24H27FNO+. The minimum Gasteiger partial charge on any atom is -0.497 e. The summed E-state index contributed by atoms with van der Waals surface area (Å²) in [5.41, 5.74) is 3.70. The summed E-state index contributed by atoms with van der Waals surface area (Å²) in [5, 5.41) is 2.37. The zero-order valence-corrected chi connectivity index (χ0v) is 15.9. The second kappa shape index (κ2) is 9.33. The van der Waals surface area contributed by atoms with Crippen molar-refractivity contribution >= 4 is 0 Å². The number of benzene rings is 3. The largest absolute Gasteiger partial charge is 0.497 e. The van der Waals surface area contributed by atoms with E-state index in [0.29, 0.717) is 6.04 Å². The number of hydrogen-bond donors (Lipinski definition) is 1. The fourth-order valence-electron chi connectivity index (χ4n) is 3.46. The normalized spacial score (nSPS) is 13.1. The highest BCUT2D eigenvalue weighted by Crippen LogP contribution is 2.29. The molecule has 3 aromatic rings. The molecule has 3 aromatic carbocycles. The molecule has 0 radical (unpaired) electrons. The first-order valence-electron chi connectivity index (χ1n) is 9.45. The zero-order valence-electron chi connectivity index (χ0n) is 15.9. The van der Waals surface area contributed by atoms with Gasteiger partial charge < -0.3 is 10.1 Å². The van der Waals surface area contributed by atoms with Crippen LogP contribution >= 0.6 is 0 Å². The molecule has 0 saturated carbocycles. The van der Waals surface area contributed by atoms with Crippen molar-refractivity contribution in [1.82, 2.24) is 0 Å². The molecule has 0 aromatic heterocycles. The van der Waals surface area contributed by atoms with Crippen LogP contribution in [-0.2, 0) is 0 Å². The SMILES string of the molecule is COc1ccc([C@H](CC[NH2+][C@@H](C)c2ccccc2)c2ccc(F)cc2)cc1. The van der Waals surface area contributed by atoms with Crippen LogP contribution in [-0.4, -0.2) is 13.7 Å². The van der Waals surface area contributed by atoms with E-state index in [4.69, 9.17) is 4.74 Å². The maximum atomic E-state index is 13.4. The standard InChI is InChI=1S/C24H26FNO/c1-18(19-6-4-3-5-7-19)26-17-16-24(20-8-12-22(25)13-9-20)21-10-14-23(27-2)15-11-21/h3-15,18,24,26H,16-17H2,1-2H3/p+1/t18-,24+/m0/s1. The van der Waals surface area contributed by atoms with Crippen LogP contribution in [0.1, 0.15) is 42.0 Å². The Balaban J connectivity index is 1.72. The number of ether oxygens (including phenoxy) is 1. The lowest BCUT2D eigenvalue weighted by atomic mass is 9.88. The van der Waals surface area contributed by atoms with E-state index in [2.05, 4.69) is 48.6 Å². The van der Waals surface area contributed by atoms with Gasteiger partial charge in [0.1, 0.15) is 17.6 Å². The van der Waals surface area contributed by atoms with Crippen LogP contribution in [0.15, 0.2) is 78.9 Å². The van der Waals surface area contributed by atoms with Gasteiger partial charge in [-0.05, 0) is 42.3 Å². The lowest BCUT2D eigenvalue weighted by Gasteiger charge is -2.19. The van der Waals surface area contributed by atoms with Gasteiger partial charge in [-0.25, -0.2) is 4.39 Å². The van der Waals surface area contributed by atoms with E-state index < -0.39 is 0 Å². The van der Waals surface area contributed by atoms with Gasteiger partial charge in [0.15, 0.2) is 0 Å². The third kappa shape index (κ3) is 5.18. The van der Waals surface area contributed by atoms with Crippen LogP contribution in [0.25, 0.3) is 0 Å². The molecule has 0 aliphatic carbocycles. The summed E-state index contributed by atoms with van der Waals surface area (Å²) in [6.45, 7) is 3.22. The van der Waals surface area contributed by atoms with Crippen molar-refractivity contribution in [3.05, 3.63) is 101 Å². The van der Waals surface area contributed by atoms with Crippen LogP contribution in [0.3, 0.4) is 0 Å². The highest BCUT2D eigenvalue weighted by Gasteiger charge is 2.17.